The lowest BCUT2D eigenvalue weighted by molar-refractivity contribution is -0.136. The average molecular weight is 436 g/mol. The minimum Gasteiger partial charge on any atom is -0.481 e. The largest absolute Gasteiger partial charge is 0.481 e. The molecule has 2 fully saturated rings. The highest BCUT2D eigenvalue weighted by molar-refractivity contribution is 5.86. The molecule has 2 saturated heterocycles. The zero-order valence-electron chi connectivity index (χ0n) is 20.1. The van der Waals surface area contributed by atoms with Crippen LogP contribution in [0.3, 0.4) is 0 Å². The number of pyridine rings is 1. The predicted molar refractivity (Wildman–Crippen MR) is 132 cm³/mol. The van der Waals surface area contributed by atoms with Crippen molar-refractivity contribution in [2.45, 2.75) is 66.2 Å². The maximum Gasteiger partial charge on any atom is 0.307 e. The Morgan fingerprint density at radius 3 is 2.16 bits per heavy atom. The lowest BCUT2D eigenvalue weighted by atomic mass is 9.82. The Morgan fingerprint density at radius 2 is 1.56 bits per heavy atom. The van der Waals surface area contributed by atoms with E-state index in [1.807, 2.05) is 6.92 Å². The number of piperidine rings is 2. The molecule has 1 aromatic heterocycles. The van der Waals surface area contributed by atoms with Crippen molar-refractivity contribution in [1.82, 2.24) is 4.98 Å². The number of nitrogens with zero attached hydrogens (tertiary/aromatic N) is 3. The number of hydrogen-bond donors (Lipinski definition) is 1. The number of aryl methyl sites for hydroxylation is 2. The van der Waals surface area contributed by atoms with E-state index >= 15 is 0 Å². The summed E-state index contributed by atoms with van der Waals surface area (Å²) in [6, 6.07) is 8.84. The second-order valence-electron chi connectivity index (χ2n) is 10.3. The van der Waals surface area contributed by atoms with Crippen molar-refractivity contribution in [2.75, 3.05) is 36.0 Å². The number of hydrogen-bond acceptors (Lipinski definition) is 4. The van der Waals surface area contributed by atoms with Crippen LogP contribution in [0.15, 0.2) is 24.3 Å². The molecule has 32 heavy (non-hydrogen) atoms. The van der Waals surface area contributed by atoms with E-state index in [9.17, 15) is 9.90 Å². The van der Waals surface area contributed by atoms with Crippen LogP contribution >= 0.6 is 0 Å². The fraction of sp³-hybridized carbons (Fsp3) is 0.556. The molecule has 0 amide bonds. The van der Waals surface area contributed by atoms with Gasteiger partial charge in [0.1, 0.15) is 0 Å². The molecule has 4 rings (SSSR count). The van der Waals surface area contributed by atoms with Gasteiger partial charge >= 0.3 is 5.97 Å². The monoisotopic (exact) mass is 435 g/mol. The molecule has 2 aliphatic heterocycles. The average Bonchev–Trinajstić information content (AvgIpc) is 2.76. The molecular formula is C27H37N3O2. The Balaban J connectivity index is 1.77. The van der Waals surface area contributed by atoms with Gasteiger partial charge in [0.05, 0.1) is 12.1 Å². The molecule has 3 heterocycles. The first kappa shape index (κ1) is 22.6. The maximum atomic E-state index is 11.8. The molecule has 0 aliphatic carbocycles. The molecule has 5 heteroatoms. The molecule has 0 radical (unpaired) electrons. The van der Waals surface area contributed by atoms with Crippen molar-refractivity contribution in [3.05, 3.63) is 41.2 Å². The van der Waals surface area contributed by atoms with E-state index in [4.69, 9.17) is 4.98 Å². The first-order valence-corrected chi connectivity index (χ1v) is 12.1. The van der Waals surface area contributed by atoms with Crippen molar-refractivity contribution in [1.29, 1.82) is 0 Å². The van der Waals surface area contributed by atoms with E-state index in [1.54, 1.807) is 0 Å². The number of rotatable bonds is 5. The maximum absolute atomic E-state index is 11.8. The zero-order valence-corrected chi connectivity index (χ0v) is 20.1. The summed E-state index contributed by atoms with van der Waals surface area (Å²) in [5.74, 6) is -0.802. The van der Waals surface area contributed by atoms with Crippen molar-refractivity contribution in [3.63, 3.8) is 0 Å². The zero-order chi connectivity index (χ0) is 22.9. The number of carboxylic acids is 1. The SMILES string of the molecule is Cc1nc(C)c(-c2ccc(N3CCCCC3)cc2)c(N2CCC(C)(C)CC2)c1CC(=O)O. The Labute approximate surface area is 192 Å². The van der Waals surface area contributed by atoms with Gasteiger partial charge in [0, 0.05) is 54.4 Å². The normalized spacial score (nSPS) is 18.6. The molecule has 172 valence electrons. The van der Waals surface area contributed by atoms with Gasteiger partial charge < -0.3 is 14.9 Å². The van der Waals surface area contributed by atoms with Gasteiger partial charge in [0.15, 0.2) is 0 Å². The van der Waals surface area contributed by atoms with Gasteiger partial charge in [-0.05, 0) is 69.1 Å². The summed E-state index contributed by atoms with van der Waals surface area (Å²) in [6.45, 7) is 12.8. The topological polar surface area (TPSA) is 56.7 Å². The number of carboxylic acid groups (broad SMARTS) is 1. The Morgan fingerprint density at radius 1 is 0.938 bits per heavy atom. The molecule has 0 bridgehead atoms. The summed E-state index contributed by atoms with van der Waals surface area (Å²) >= 11 is 0. The van der Waals surface area contributed by atoms with E-state index in [0.29, 0.717) is 5.41 Å². The fourth-order valence-corrected chi connectivity index (χ4v) is 5.25. The van der Waals surface area contributed by atoms with Gasteiger partial charge in [0.2, 0.25) is 0 Å². The smallest absolute Gasteiger partial charge is 0.307 e. The molecule has 2 aromatic rings. The van der Waals surface area contributed by atoms with Crippen molar-refractivity contribution in [2.24, 2.45) is 5.41 Å². The van der Waals surface area contributed by atoms with Crippen molar-refractivity contribution in [3.8, 4) is 11.1 Å². The predicted octanol–water partition coefficient (Wildman–Crippen LogP) is 5.61. The lowest BCUT2D eigenvalue weighted by Crippen LogP contribution is -2.38. The summed E-state index contributed by atoms with van der Waals surface area (Å²) in [5.41, 5.74) is 7.57. The van der Waals surface area contributed by atoms with Crippen LogP contribution in [0.4, 0.5) is 11.4 Å². The molecule has 5 nitrogen and oxygen atoms in total. The van der Waals surface area contributed by atoms with Crippen LogP contribution in [0, 0.1) is 19.3 Å². The third-order valence-corrected chi connectivity index (χ3v) is 7.30. The highest BCUT2D eigenvalue weighted by Gasteiger charge is 2.30. The summed E-state index contributed by atoms with van der Waals surface area (Å²) < 4.78 is 0. The molecule has 0 unspecified atom stereocenters. The van der Waals surface area contributed by atoms with Crippen LogP contribution in [0.25, 0.3) is 11.1 Å². The van der Waals surface area contributed by atoms with Crippen molar-refractivity contribution >= 4 is 17.3 Å². The van der Waals surface area contributed by atoms with Crippen LogP contribution in [0.5, 0.6) is 0 Å². The Hall–Kier alpha value is -2.56. The number of benzene rings is 1. The van der Waals surface area contributed by atoms with Crippen LogP contribution in [-0.2, 0) is 11.2 Å². The van der Waals surface area contributed by atoms with Crippen LogP contribution in [-0.4, -0.2) is 42.2 Å². The number of anilines is 2. The van der Waals surface area contributed by atoms with Gasteiger partial charge in [-0.2, -0.15) is 0 Å². The Kier molecular flexibility index (Phi) is 6.45. The fourth-order valence-electron chi connectivity index (χ4n) is 5.25. The standard InChI is InChI=1S/C27H37N3O2/c1-19-23(18-24(31)32)26(30-16-12-27(3,4)13-17-30)25(20(2)28-19)21-8-10-22(11-9-21)29-14-6-5-7-15-29/h8-11H,5-7,12-18H2,1-4H3,(H,31,32). The first-order chi connectivity index (χ1) is 15.2. The van der Waals surface area contributed by atoms with Crippen molar-refractivity contribution < 1.29 is 9.90 Å². The molecule has 1 aromatic carbocycles. The molecule has 1 N–H and O–H groups in total. The summed E-state index contributed by atoms with van der Waals surface area (Å²) in [7, 11) is 0. The summed E-state index contributed by atoms with van der Waals surface area (Å²) in [6.07, 6.45) is 6.06. The first-order valence-electron chi connectivity index (χ1n) is 12.1. The van der Waals surface area contributed by atoms with E-state index in [-0.39, 0.29) is 6.42 Å². The summed E-state index contributed by atoms with van der Waals surface area (Å²) in [4.78, 5) is 21.4. The highest BCUT2D eigenvalue weighted by atomic mass is 16.4. The van der Waals surface area contributed by atoms with Gasteiger partial charge in [-0.25, -0.2) is 0 Å². The highest BCUT2D eigenvalue weighted by Crippen LogP contribution is 2.41. The van der Waals surface area contributed by atoms with Gasteiger partial charge in [-0.1, -0.05) is 26.0 Å². The van der Waals surface area contributed by atoms with Gasteiger partial charge in [0.25, 0.3) is 0 Å². The van der Waals surface area contributed by atoms with Crippen LogP contribution in [0.2, 0.25) is 0 Å². The van der Waals surface area contributed by atoms with Gasteiger partial charge in [-0.15, -0.1) is 0 Å². The van der Waals surface area contributed by atoms with E-state index in [0.717, 1.165) is 72.8 Å². The summed E-state index contributed by atoms with van der Waals surface area (Å²) in [5, 5.41) is 9.66. The molecule has 0 saturated carbocycles. The van der Waals surface area contributed by atoms with E-state index < -0.39 is 5.97 Å². The minimum absolute atomic E-state index is 0.00714. The van der Waals surface area contributed by atoms with Crippen LogP contribution < -0.4 is 9.80 Å². The molecule has 0 atom stereocenters. The molecule has 0 spiro atoms. The second kappa shape index (κ2) is 9.13. The van der Waals surface area contributed by atoms with Gasteiger partial charge in [-0.3, -0.25) is 9.78 Å². The lowest BCUT2D eigenvalue weighted by Gasteiger charge is -2.40. The van der Waals surface area contributed by atoms with Crippen LogP contribution in [0.1, 0.15) is 62.9 Å². The third kappa shape index (κ3) is 4.77. The van der Waals surface area contributed by atoms with E-state index in [2.05, 4.69) is 54.8 Å². The molecular weight excluding hydrogens is 398 g/mol. The minimum atomic E-state index is -0.802. The number of aromatic nitrogens is 1. The third-order valence-electron chi connectivity index (χ3n) is 7.30. The quantitative estimate of drug-likeness (QED) is 0.662. The number of aliphatic carboxylic acids is 1. The van der Waals surface area contributed by atoms with E-state index in [1.165, 1.54) is 24.9 Å². The Bertz CT molecular complexity index is 965. The second-order valence-corrected chi connectivity index (χ2v) is 10.3. The number of carbonyl (C=O) groups is 1. The molecule has 2 aliphatic rings.